The standard InChI is InChI=1S/C16H22N4OS.ClH/c1-11-4-5-13(22-11)10-19(2)16(21)15-8-17-7-14(15)12-6-18-20(3)9-12;/h4-6,9,14-15,17H,7-8,10H2,1-3H3;1H/t14-,15+;/m1./s1. The van der Waals surface area contributed by atoms with Gasteiger partial charge >= 0.3 is 0 Å². The highest BCUT2D eigenvalue weighted by molar-refractivity contribution is 7.11. The molecule has 126 valence electrons. The number of nitrogens with zero attached hydrogens (tertiary/aromatic N) is 3. The SMILES string of the molecule is Cc1ccc(CN(C)C(=O)[C@H]2CNC[C@@H]2c2cnn(C)c2)s1.Cl. The van der Waals surface area contributed by atoms with Crippen LogP contribution in [0.25, 0.3) is 0 Å². The first-order valence-corrected chi connectivity index (χ1v) is 8.36. The Morgan fingerprint density at radius 3 is 2.87 bits per heavy atom. The first-order valence-electron chi connectivity index (χ1n) is 7.54. The molecule has 1 fully saturated rings. The summed E-state index contributed by atoms with van der Waals surface area (Å²) in [6.07, 6.45) is 3.89. The molecule has 0 aromatic carbocycles. The number of nitrogens with one attached hydrogen (secondary N) is 1. The number of amides is 1. The summed E-state index contributed by atoms with van der Waals surface area (Å²) < 4.78 is 1.80. The fraction of sp³-hybridized carbons (Fsp3) is 0.500. The molecule has 3 heterocycles. The Morgan fingerprint density at radius 2 is 2.26 bits per heavy atom. The molecule has 0 saturated carbocycles. The number of thiophene rings is 1. The molecule has 0 unspecified atom stereocenters. The molecule has 1 amide bonds. The van der Waals surface area contributed by atoms with E-state index in [1.54, 1.807) is 16.0 Å². The lowest BCUT2D eigenvalue weighted by Gasteiger charge is -2.23. The smallest absolute Gasteiger partial charge is 0.227 e. The van der Waals surface area contributed by atoms with Crippen molar-refractivity contribution in [2.24, 2.45) is 13.0 Å². The van der Waals surface area contributed by atoms with E-state index in [1.807, 2.05) is 31.4 Å². The van der Waals surface area contributed by atoms with Crippen LogP contribution in [0, 0.1) is 12.8 Å². The Hall–Kier alpha value is -1.37. The zero-order valence-electron chi connectivity index (χ0n) is 13.7. The number of carbonyl (C=O) groups is 1. The van der Waals surface area contributed by atoms with Gasteiger partial charge < -0.3 is 10.2 Å². The van der Waals surface area contributed by atoms with Gasteiger partial charge in [-0.3, -0.25) is 9.48 Å². The van der Waals surface area contributed by atoms with E-state index in [2.05, 4.69) is 29.5 Å². The van der Waals surface area contributed by atoms with E-state index in [0.717, 1.165) is 18.7 Å². The quantitative estimate of drug-likeness (QED) is 0.915. The fourth-order valence-corrected chi connectivity index (χ4v) is 4.03. The van der Waals surface area contributed by atoms with Crippen molar-refractivity contribution >= 4 is 29.7 Å². The summed E-state index contributed by atoms with van der Waals surface area (Å²) in [5.74, 6) is 0.425. The zero-order valence-corrected chi connectivity index (χ0v) is 15.3. The Morgan fingerprint density at radius 1 is 1.48 bits per heavy atom. The number of halogens is 1. The van der Waals surface area contributed by atoms with Crippen molar-refractivity contribution in [2.75, 3.05) is 20.1 Å². The summed E-state index contributed by atoms with van der Waals surface area (Å²) >= 11 is 1.75. The van der Waals surface area contributed by atoms with Crippen molar-refractivity contribution in [3.8, 4) is 0 Å². The average molecular weight is 355 g/mol. The van der Waals surface area contributed by atoms with E-state index in [4.69, 9.17) is 0 Å². The maximum Gasteiger partial charge on any atom is 0.227 e. The van der Waals surface area contributed by atoms with E-state index >= 15 is 0 Å². The average Bonchev–Trinajstić information content (AvgIpc) is 3.18. The molecule has 1 aliphatic rings. The largest absolute Gasteiger partial charge is 0.340 e. The first kappa shape index (κ1) is 18.0. The molecular weight excluding hydrogens is 332 g/mol. The van der Waals surface area contributed by atoms with Crippen molar-refractivity contribution in [3.05, 3.63) is 39.8 Å². The monoisotopic (exact) mass is 354 g/mol. The number of hydrogen-bond donors (Lipinski definition) is 1. The lowest BCUT2D eigenvalue weighted by Crippen LogP contribution is -2.35. The molecule has 0 bridgehead atoms. The molecule has 0 radical (unpaired) electrons. The molecule has 3 rings (SSSR count). The van der Waals surface area contributed by atoms with Crippen molar-refractivity contribution in [2.45, 2.75) is 19.4 Å². The van der Waals surface area contributed by atoms with Crippen LogP contribution < -0.4 is 5.32 Å². The minimum absolute atomic E-state index is 0. The molecule has 2 aromatic rings. The van der Waals surface area contributed by atoms with Crippen molar-refractivity contribution in [1.29, 1.82) is 0 Å². The van der Waals surface area contributed by atoms with Crippen LogP contribution in [-0.2, 0) is 18.4 Å². The third kappa shape index (κ3) is 3.94. The summed E-state index contributed by atoms with van der Waals surface area (Å²) in [5, 5.41) is 7.59. The molecule has 1 N–H and O–H groups in total. The van der Waals surface area contributed by atoms with E-state index in [1.165, 1.54) is 9.75 Å². The molecule has 0 spiro atoms. The molecule has 2 atom stereocenters. The Balaban J connectivity index is 0.00000192. The molecule has 0 aliphatic carbocycles. The van der Waals surface area contributed by atoms with Crippen LogP contribution in [-0.4, -0.2) is 40.7 Å². The number of rotatable bonds is 4. The highest BCUT2D eigenvalue weighted by Gasteiger charge is 2.36. The Labute approximate surface area is 147 Å². The fourth-order valence-electron chi connectivity index (χ4n) is 3.08. The second kappa shape index (κ2) is 7.47. The number of carbonyl (C=O) groups excluding carboxylic acids is 1. The molecule has 5 nitrogen and oxygen atoms in total. The van der Waals surface area contributed by atoms with Crippen LogP contribution in [0.4, 0.5) is 0 Å². The van der Waals surface area contributed by atoms with Gasteiger partial charge in [0.05, 0.1) is 18.7 Å². The molecule has 1 aliphatic heterocycles. The van der Waals surface area contributed by atoms with Crippen LogP contribution in [0.3, 0.4) is 0 Å². The lowest BCUT2D eigenvalue weighted by molar-refractivity contribution is -0.134. The van der Waals surface area contributed by atoms with Gasteiger partial charge in [0, 0.05) is 49.1 Å². The van der Waals surface area contributed by atoms with Gasteiger partial charge in [-0.15, -0.1) is 23.7 Å². The number of hydrogen-bond acceptors (Lipinski definition) is 4. The Bertz CT molecular complexity index is 669. The predicted octanol–water partition coefficient (Wildman–Crippen LogP) is 2.17. The predicted molar refractivity (Wildman–Crippen MR) is 95.1 cm³/mol. The van der Waals surface area contributed by atoms with Gasteiger partial charge in [-0.05, 0) is 24.6 Å². The van der Waals surface area contributed by atoms with Gasteiger partial charge in [0.15, 0.2) is 0 Å². The second-order valence-electron chi connectivity index (χ2n) is 6.03. The number of aryl methyl sites for hydroxylation is 2. The number of aromatic nitrogens is 2. The third-order valence-corrected chi connectivity index (χ3v) is 5.24. The van der Waals surface area contributed by atoms with Gasteiger partial charge in [0.2, 0.25) is 5.91 Å². The lowest BCUT2D eigenvalue weighted by atomic mass is 9.90. The van der Waals surface area contributed by atoms with Gasteiger partial charge in [-0.2, -0.15) is 5.10 Å². The zero-order chi connectivity index (χ0) is 15.7. The minimum Gasteiger partial charge on any atom is -0.340 e. The van der Waals surface area contributed by atoms with Crippen LogP contribution in [0.1, 0.15) is 21.2 Å². The first-order chi connectivity index (χ1) is 10.5. The van der Waals surface area contributed by atoms with Gasteiger partial charge in [-0.1, -0.05) is 0 Å². The molecule has 7 heteroatoms. The van der Waals surface area contributed by atoms with Crippen LogP contribution in [0.15, 0.2) is 24.5 Å². The maximum absolute atomic E-state index is 12.8. The van der Waals surface area contributed by atoms with Crippen molar-refractivity contribution in [3.63, 3.8) is 0 Å². The van der Waals surface area contributed by atoms with Gasteiger partial charge in [0.25, 0.3) is 0 Å². The Kier molecular flexibility index (Phi) is 5.84. The topological polar surface area (TPSA) is 50.2 Å². The summed E-state index contributed by atoms with van der Waals surface area (Å²) in [4.78, 5) is 17.2. The highest BCUT2D eigenvalue weighted by atomic mass is 35.5. The molecule has 1 saturated heterocycles. The normalized spacial score (nSPS) is 20.3. The van der Waals surface area contributed by atoms with Gasteiger partial charge in [-0.25, -0.2) is 0 Å². The molecule has 2 aromatic heterocycles. The van der Waals surface area contributed by atoms with Gasteiger partial charge in [0.1, 0.15) is 0 Å². The summed E-state index contributed by atoms with van der Waals surface area (Å²) in [6.45, 7) is 4.36. The summed E-state index contributed by atoms with van der Waals surface area (Å²) in [7, 11) is 3.81. The highest BCUT2D eigenvalue weighted by Crippen LogP contribution is 2.29. The van der Waals surface area contributed by atoms with Crippen LogP contribution in [0.5, 0.6) is 0 Å². The maximum atomic E-state index is 12.8. The van der Waals surface area contributed by atoms with E-state index in [0.29, 0.717) is 6.54 Å². The molecular formula is C16H23ClN4OS. The summed E-state index contributed by atoms with van der Waals surface area (Å²) in [6, 6.07) is 4.21. The van der Waals surface area contributed by atoms with Crippen molar-refractivity contribution in [1.82, 2.24) is 20.0 Å². The molecule has 23 heavy (non-hydrogen) atoms. The van der Waals surface area contributed by atoms with Crippen molar-refractivity contribution < 1.29 is 4.79 Å². The summed E-state index contributed by atoms with van der Waals surface area (Å²) in [5.41, 5.74) is 1.14. The second-order valence-corrected chi connectivity index (χ2v) is 7.40. The van der Waals surface area contributed by atoms with Crippen LogP contribution >= 0.6 is 23.7 Å². The van der Waals surface area contributed by atoms with Crippen LogP contribution in [0.2, 0.25) is 0 Å². The minimum atomic E-state index is -0.00439. The van der Waals surface area contributed by atoms with E-state index in [9.17, 15) is 4.79 Å². The third-order valence-electron chi connectivity index (χ3n) is 4.25. The van der Waals surface area contributed by atoms with E-state index in [-0.39, 0.29) is 30.2 Å². The van der Waals surface area contributed by atoms with E-state index < -0.39 is 0 Å².